The molecule has 5 heteroatoms. The van der Waals surface area contributed by atoms with Gasteiger partial charge in [0.25, 0.3) is 5.91 Å². The number of carboxylic acid groups (broad SMARTS) is 1. The molecule has 0 radical (unpaired) electrons. The number of carbonyl (C=O) groups excluding carboxylic acids is 1. The minimum absolute atomic E-state index is 0.0821. The molecule has 1 aromatic carbocycles. The summed E-state index contributed by atoms with van der Waals surface area (Å²) in [6, 6.07) is 13.0. The second-order valence-electron chi connectivity index (χ2n) is 4.65. The molecule has 1 amide bonds. The van der Waals surface area contributed by atoms with Crippen molar-refractivity contribution in [2.24, 2.45) is 0 Å². The van der Waals surface area contributed by atoms with E-state index in [1.54, 1.807) is 12.1 Å². The fraction of sp³-hybridized carbons (Fsp3) is 0.250. The van der Waals surface area contributed by atoms with Gasteiger partial charge in [-0.05, 0) is 24.1 Å². The predicted octanol–water partition coefficient (Wildman–Crippen LogP) is 2.44. The van der Waals surface area contributed by atoms with Gasteiger partial charge in [0.1, 0.15) is 0 Å². The van der Waals surface area contributed by atoms with Gasteiger partial charge in [-0.1, -0.05) is 30.3 Å². The zero-order valence-corrected chi connectivity index (χ0v) is 11.6. The zero-order chi connectivity index (χ0) is 15.1. The summed E-state index contributed by atoms with van der Waals surface area (Å²) in [5.41, 5.74) is 1.10. The van der Waals surface area contributed by atoms with E-state index in [0.717, 1.165) is 5.56 Å². The summed E-state index contributed by atoms with van der Waals surface area (Å²) in [6.45, 7) is 0.624. The number of benzene rings is 1. The third kappa shape index (κ3) is 4.49. The van der Waals surface area contributed by atoms with Gasteiger partial charge in [0.05, 0.1) is 12.7 Å². The van der Waals surface area contributed by atoms with Gasteiger partial charge in [-0.25, -0.2) is 0 Å². The molecule has 0 aliphatic rings. The van der Waals surface area contributed by atoms with Crippen LogP contribution in [0.4, 0.5) is 0 Å². The van der Waals surface area contributed by atoms with E-state index < -0.39 is 5.97 Å². The topological polar surface area (TPSA) is 70.8 Å². The number of nitrogens with zero attached hydrogens (tertiary/aromatic N) is 1. The lowest BCUT2D eigenvalue weighted by Gasteiger charge is -2.20. The highest BCUT2D eigenvalue weighted by Gasteiger charge is 2.18. The SMILES string of the molecule is O=C(O)CCN(CCc1ccccc1)C(=O)c1ccco1. The Labute approximate surface area is 122 Å². The molecule has 0 saturated carbocycles. The summed E-state index contributed by atoms with van der Waals surface area (Å²) >= 11 is 0. The van der Waals surface area contributed by atoms with E-state index in [1.165, 1.54) is 11.2 Å². The summed E-state index contributed by atoms with van der Waals surface area (Å²) in [6.07, 6.45) is 2.02. The average molecular weight is 287 g/mol. The molecule has 1 heterocycles. The molecule has 2 aromatic rings. The second kappa shape index (κ2) is 7.28. The van der Waals surface area contributed by atoms with E-state index in [-0.39, 0.29) is 24.6 Å². The van der Waals surface area contributed by atoms with Crippen molar-refractivity contribution in [2.75, 3.05) is 13.1 Å². The van der Waals surface area contributed by atoms with Gasteiger partial charge in [-0.3, -0.25) is 9.59 Å². The van der Waals surface area contributed by atoms with E-state index in [2.05, 4.69) is 0 Å². The lowest BCUT2D eigenvalue weighted by Crippen LogP contribution is -2.34. The summed E-state index contributed by atoms with van der Waals surface area (Å²) < 4.78 is 5.10. The van der Waals surface area contributed by atoms with Gasteiger partial charge in [0.2, 0.25) is 0 Å². The fourth-order valence-corrected chi connectivity index (χ4v) is 2.01. The molecule has 110 valence electrons. The summed E-state index contributed by atoms with van der Waals surface area (Å²) in [5.74, 6) is -0.974. The van der Waals surface area contributed by atoms with Crippen molar-refractivity contribution < 1.29 is 19.1 Å². The molecule has 0 aliphatic carbocycles. The first-order chi connectivity index (χ1) is 10.2. The van der Waals surface area contributed by atoms with Crippen LogP contribution in [0.3, 0.4) is 0 Å². The number of carboxylic acids is 1. The minimum atomic E-state index is -0.924. The summed E-state index contributed by atoms with van der Waals surface area (Å²) in [4.78, 5) is 24.5. The first-order valence-electron chi connectivity index (χ1n) is 6.75. The second-order valence-corrected chi connectivity index (χ2v) is 4.65. The molecule has 0 atom stereocenters. The highest BCUT2D eigenvalue weighted by Crippen LogP contribution is 2.09. The third-order valence-corrected chi connectivity index (χ3v) is 3.13. The molecule has 0 fully saturated rings. The van der Waals surface area contributed by atoms with Crippen molar-refractivity contribution in [2.45, 2.75) is 12.8 Å². The molecule has 0 unspecified atom stereocenters. The first kappa shape index (κ1) is 14.8. The predicted molar refractivity (Wildman–Crippen MR) is 77.0 cm³/mol. The molecular formula is C16H17NO4. The van der Waals surface area contributed by atoms with Crippen molar-refractivity contribution in [3.63, 3.8) is 0 Å². The molecule has 1 N–H and O–H groups in total. The van der Waals surface area contributed by atoms with Crippen LogP contribution in [0, 0.1) is 0 Å². The molecule has 2 rings (SSSR count). The maximum absolute atomic E-state index is 12.3. The molecule has 5 nitrogen and oxygen atoms in total. The number of hydrogen-bond acceptors (Lipinski definition) is 3. The van der Waals surface area contributed by atoms with Crippen molar-refractivity contribution in [3.8, 4) is 0 Å². The zero-order valence-electron chi connectivity index (χ0n) is 11.6. The van der Waals surface area contributed by atoms with Gasteiger partial charge in [0.15, 0.2) is 5.76 Å². The highest BCUT2D eigenvalue weighted by atomic mass is 16.4. The van der Waals surface area contributed by atoms with Gasteiger partial charge >= 0.3 is 5.97 Å². The molecule has 0 bridgehead atoms. The van der Waals surface area contributed by atoms with Crippen LogP contribution in [0.1, 0.15) is 22.5 Å². The van der Waals surface area contributed by atoms with E-state index >= 15 is 0 Å². The lowest BCUT2D eigenvalue weighted by molar-refractivity contribution is -0.137. The van der Waals surface area contributed by atoms with Crippen LogP contribution in [-0.4, -0.2) is 35.0 Å². The Balaban J connectivity index is 2.01. The Kier molecular flexibility index (Phi) is 5.15. The van der Waals surface area contributed by atoms with Gasteiger partial charge < -0.3 is 14.4 Å². The molecule has 0 aliphatic heterocycles. The number of rotatable bonds is 7. The summed E-state index contributed by atoms with van der Waals surface area (Å²) in [5, 5.41) is 8.80. The lowest BCUT2D eigenvalue weighted by atomic mass is 10.1. The van der Waals surface area contributed by atoms with E-state index in [9.17, 15) is 9.59 Å². The van der Waals surface area contributed by atoms with Gasteiger partial charge in [-0.2, -0.15) is 0 Å². The number of carbonyl (C=O) groups is 2. The first-order valence-corrected chi connectivity index (χ1v) is 6.75. The molecule has 21 heavy (non-hydrogen) atoms. The highest BCUT2D eigenvalue weighted by molar-refractivity contribution is 5.91. The van der Waals surface area contributed by atoms with Gasteiger partial charge in [0, 0.05) is 13.1 Å². The van der Waals surface area contributed by atoms with Crippen LogP contribution in [0.15, 0.2) is 53.1 Å². The van der Waals surface area contributed by atoms with E-state index in [4.69, 9.17) is 9.52 Å². The van der Waals surface area contributed by atoms with Crippen LogP contribution in [0.25, 0.3) is 0 Å². The third-order valence-electron chi connectivity index (χ3n) is 3.13. The number of amides is 1. The van der Waals surface area contributed by atoms with Crippen LogP contribution >= 0.6 is 0 Å². The largest absolute Gasteiger partial charge is 0.481 e. The van der Waals surface area contributed by atoms with Crippen molar-refractivity contribution in [1.29, 1.82) is 0 Å². The Morgan fingerprint density at radius 1 is 1.05 bits per heavy atom. The monoisotopic (exact) mass is 287 g/mol. The van der Waals surface area contributed by atoms with Crippen LogP contribution in [0.5, 0.6) is 0 Å². The van der Waals surface area contributed by atoms with Gasteiger partial charge in [-0.15, -0.1) is 0 Å². The van der Waals surface area contributed by atoms with Crippen LogP contribution < -0.4 is 0 Å². The van der Waals surface area contributed by atoms with E-state index in [1.807, 2.05) is 30.3 Å². The Hall–Kier alpha value is -2.56. The van der Waals surface area contributed by atoms with Crippen molar-refractivity contribution in [1.82, 2.24) is 4.90 Å². The average Bonchev–Trinajstić information content (AvgIpc) is 3.02. The molecule has 1 aromatic heterocycles. The molecule has 0 saturated heterocycles. The Bertz CT molecular complexity index is 578. The maximum Gasteiger partial charge on any atom is 0.305 e. The summed E-state index contributed by atoms with van der Waals surface area (Å²) in [7, 11) is 0. The minimum Gasteiger partial charge on any atom is -0.481 e. The Morgan fingerprint density at radius 2 is 1.81 bits per heavy atom. The quantitative estimate of drug-likeness (QED) is 0.849. The fourth-order valence-electron chi connectivity index (χ4n) is 2.01. The van der Waals surface area contributed by atoms with Crippen LogP contribution in [0.2, 0.25) is 0 Å². The van der Waals surface area contributed by atoms with E-state index in [0.29, 0.717) is 13.0 Å². The van der Waals surface area contributed by atoms with Crippen molar-refractivity contribution >= 4 is 11.9 Å². The molecule has 0 spiro atoms. The smallest absolute Gasteiger partial charge is 0.305 e. The Morgan fingerprint density at radius 3 is 2.43 bits per heavy atom. The standard InChI is InChI=1S/C16H17NO4/c18-15(19)9-11-17(16(20)14-7-4-12-21-14)10-8-13-5-2-1-3-6-13/h1-7,12H,8-11H2,(H,18,19). The number of hydrogen-bond donors (Lipinski definition) is 1. The number of furan rings is 1. The van der Waals surface area contributed by atoms with Crippen LogP contribution in [-0.2, 0) is 11.2 Å². The molecular weight excluding hydrogens is 270 g/mol. The normalized spacial score (nSPS) is 10.3. The maximum atomic E-state index is 12.3. The van der Waals surface area contributed by atoms with Crippen molar-refractivity contribution in [3.05, 3.63) is 60.1 Å². The number of aliphatic carboxylic acids is 1.